The van der Waals surface area contributed by atoms with Crippen molar-refractivity contribution in [2.45, 2.75) is 18.4 Å². The standard InChI is InChI=1S/C24H27NO2/c26-22(19-27-23-14-8-3-9-15-23)18-25-17-16-24(20-10-4-1-5-11-20)21-12-6-2-7-13-21/h1-15,22,24-26H,16-19H2/t22-/m1/s1. The molecule has 0 aliphatic carbocycles. The van der Waals surface area contributed by atoms with Gasteiger partial charge in [-0.05, 0) is 36.2 Å². The SMILES string of the molecule is O[C@H](CNCCC(c1ccccc1)c1ccccc1)COc1ccccc1. The topological polar surface area (TPSA) is 41.5 Å². The van der Waals surface area contributed by atoms with Crippen LogP contribution >= 0.6 is 0 Å². The first-order valence-corrected chi connectivity index (χ1v) is 9.49. The molecule has 27 heavy (non-hydrogen) atoms. The summed E-state index contributed by atoms with van der Waals surface area (Å²) < 4.78 is 5.59. The van der Waals surface area contributed by atoms with Crippen LogP contribution in [0.5, 0.6) is 5.75 Å². The zero-order valence-corrected chi connectivity index (χ0v) is 15.5. The quantitative estimate of drug-likeness (QED) is 0.531. The Labute approximate surface area is 161 Å². The van der Waals surface area contributed by atoms with E-state index in [2.05, 4.69) is 53.8 Å². The van der Waals surface area contributed by atoms with Crippen molar-refractivity contribution in [3.05, 3.63) is 102 Å². The second-order valence-electron chi connectivity index (χ2n) is 6.64. The molecule has 3 aromatic carbocycles. The molecule has 0 spiro atoms. The Morgan fingerprint density at radius 1 is 0.741 bits per heavy atom. The molecule has 0 amide bonds. The number of hydrogen-bond acceptors (Lipinski definition) is 3. The lowest BCUT2D eigenvalue weighted by atomic mass is 9.88. The van der Waals surface area contributed by atoms with E-state index in [-0.39, 0.29) is 6.61 Å². The summed E-state index contributed by atoms with van der Waals surface area (Å²) in [7, 11) is 0. The molecule has 3 rings (SSSR count). The molecule has 0 fully saturated rings. The Morgan fingerprint density at radius 3 is 1.81 bits per heavy atom. The molecular weight excluding hydrogens is 334 g/mol. The van der Waals surface area contributed by atoms with Gasteiger partial charge >= 0.3 is 0 Å². The molecule has 0 saturated carbocycles. The maximum Gasteiger partial charge on any atom is 0.119 e. The van der Waals surface area contributed by atoms with Crippen LogP contribution in [0.3, 0.4) is 0 Å². The number of benzene rings is 3. The molecular formula is C24H27NO2. The largest absolute Gasteiger partial charge is 0.491 e. The highest BCUT2D eigenvalue weighted by Gasteiger charge is 2.13. The van der Waals surface area contributed by atoms with Crippen molar-refractivity contribution in [2.75, 3.05) is 19.7 Å². The summed E-state index contributed by atoms with van der Waals surface area (Å²) >= 11 is 0. The van der Waals surface area contributed by atoms with Crippen molar-refractivity contribution in [3.63, 3.8) is 0 Å². The first kappa shape index (κ1) is 19.2. The first-order valence-electron chi connectivity index (χ1n) is 9.49. The lowest BCUT2D eigenvalue weighted by Crippen LogP contribution is -2.32. The van der Waals surface area contributed by atoms with Gasteiger partial charge in [-0.25, -0.2) is 0 Å². The van der Waals surface area contributed by atoms with Crippen LogP contribution in [0.2, 0.25) is 0 Å². The minimum atomic E-state index is -0.530. The third-order valence-electron chi connectivity index (χ3n) is 4.58. The summed E-state index contributed by atoms with van der Waals surface area (Å²) in [5.41, 5.74) is 2.64. The molecule has 1 atom stereocenters. The van der Waals surface area contributed by atoms with E-state index in [9.17, 15) is 5.11 Å². The fraction of sp³-hybridized carbons (Fsp3) is 0.250. The van der Waals surface area contributed by atoms with Crippen molar-refractivity contribution >= 4 is 0 Å². The van der Waals surface area contributed by atoms with Crippen molar-refractivity contribution in [3.8, 4) is 5.75 Å². The highest BCUT2D eigenvalue weighted by molar-refractivity contribution is 5.32. The van der Waals surface area contributed by atoms with E-state index < -0.39 is 6.10 Å². The molecule has 0 radical (unpaired) electrons. The van der Waals surface area contributed by atoms with Gasteiger partial charge in [0.1, 0.15) is 18.5 Å². The maximum absolute atomic E-state index is 10.1. The molecule has 3 heteroatoms. The van der Waals surface area contributed by atoms with Gasteiger partial charge in [0.05, 0.1) is 0 Å². The van der Waals surface area contributed by atoms with Crippen LogP contribution in [0.15, 0.2) is 91.0 Å². The summed E-state index contributed by atoms with van der Waals surface area (Å²) in [6.45, 7) is 1.64. The predicted octanol–water partition coefficient (Wildman–Crippen LogP) is 4.24. The normalized spacial score (nSPS) is 12.1. The highest BCUT2D eigenvalue weighted by atomic mass is 16.5. The summed E-state index contributed by atoms with van der Waals surface area (Å²) in [6.07, 6.45) is 0.442. The van der Waals surface area contributed by atoms with E-state index in [1.165, 1.54) is 11.1 Å². The van der Waals surface area contributed by atoms with Crippen LogP contribution in [0.25, 0.3) is 0 Å². The predicted molar refractivity (Wildman–Crippen MR) is 110 cm³/mol. The molecule has 3 nitrogen and oxygen atoms in total. The van der Waals surface area contributed by atoms with Crippen molar-refractivity contribution in [1.29, 1.82) is 0 Å². The second-order valence-corrected chi connectivity index (χ2v) is 6.64. The fourth-order valence-corrected chi connectivity index (χ4v) is 3.18. The fourth-order valence-electron chi connectivity index (χ4n) is 3.18. The van der Waals surface area contributed by atoms with Crippen LogP contribution in [-0.2, 0) is 0 Å². The third kappa shape index (κ3) is 6.24. The van der Waals surface area contributed by atoms with Crippen molar-refractivity contribution < 1.29 is 9.84 Å². The number of aliphatic hydroxyl groups is 1. The summed E-state index contributed by atoms with van der Waals surface area (Å²) in [5.74, 6) is 1.13. The summed E-state index contributed by atoms with van der Waals surface area (Å²) in [4.78, 5) is 0. The summed E-state index contributed by atoms with van der Waals surface area (Å²) in [6, 6.07) is 30.7. The average molecular weight is 361 g/mol. The zero-order valence-electron chi connectivity index (χ0n) is 15.5. The number of ether oxygens (including phenoxy) is 1. The number of para-hydroxylation sites is 1. The Balaban J connectivity index is 1.46. The van der Waals surface area contributed by atoms with Crippen LogP contribution in [-0.4, -0.2) is 30.9 Å². The second kappa shape index (κ2) is 10.5. The summed E-state index contributed by atoms with van der Waals surface area (Å²) in [5, 5.41) is 13.5. The Kier molecular flexibility index (Phi) is 7.45. The molecule has 2 N–H and O–H groups in total. The smallest absolute Gasteiger partial charge is 0.119 e. The van der Waals surface area contributed by atoms with Gasteiger partial charge in [-0.3, -0.25) is 0 Å². The van der Waals surface area contributed by atoms with Gasteiger partial charge in [-0.1, -0.05) is 78.9 Å². The Hall–Kier alpha value is -2.62. The van der Waals surface area contributed by atoms with Gasteiger partial charge in [-0.2, -0.15) is 0 Å². The van der Waals surface area contributed by atoms with Crippen LogP contribution in [0.4, 0.5) is 0 Å². The van der Waals surface area contributed by atoms with Gasteiger partial charge in [-0.15, -0.1) is 0 Å². The zero-order chi connectivity index (χ0) is 18.7. The van der Waals surface area contributed by atoms with Gasteiger partial charge in [0.15, 0.2) is 0 Å². The van der Waals surface area contributed by atoms with Gasteiger partial charge in [0.25, 0.3) is 0 Å². The van der Waals surface area contributed by atoms with E-state index in [1.807, 2.05) is 42.5 Å². The third-order valence-corrected chi connectivity index (χ3v) is 4.58. The maximum atomic E-state index is 10.1. The first-order chi connectivity index (χ1) is 13.3. The van der Waals surface area contributed by atoms with Crippen molar-refractivity contribution in [1.82, 2.24) is 5.32 Å². The van der Waals surface area contributed by atoms with Crippen LogP contribution in [0.1, 0.15) is 23.5 Å². The van der Waals surface area contributed by atoms with Crippen LogP contribution < -0.4 is 10.1 Å². The molecule has 0 aliphatic heterocycles. The Bertz CT molecular complexity index is 723. The van der Waals surface area contributed by atoms with Crippen LogP contribution in [0, 0.1) is 0 Å². The molecule has 0 bridgehead atoms. The molecule has 0 aliphatic rings. The molecule has 0 unspecified atom stereocenters. The van der Waals surface area contributed by atoms with Gasteiger partial charge in [0, 0.05) is 12.5 Å². The molecule has 3 aromatic rings. The van der Waals surface area contributed by atoms with E-state index >= 15 is 0 Å². The van der Waals surface area contributed by atoms with E-state index in [1.54, 1.807) is 0 Å². The number of hydrogen-bond donors (Lipinski definition) is 2. The minimum absolute atomic E-state index is 0.289. The molecule has 0 aromatic heterocycles. The number of nitrogens with one attached hydrogen (secondary N) is 1. The highest BCUT2D eigenvalue weighted by Crippen LogP contribution is 2.27. The number of aliphatic hydroxyl groups excluding tert-OH is 1. The lowest BCUT2D eigenvalue weighted by Gasteiger charge is -2.19. The number of rotatable bonds is 10. The minimum Gasteiger partial charge on any atom is -0.491 e. The Morgan fingerprint density at radius 2 is 1.26 bits per heavy atom. The van der Waals surface area contributed by atoms with Gasteiger partial charge in [0.2, 0.25) is 0 Å². The van der Waals surface area contributed by atoms with E-state index in [4.69, 9.17) is 4.74 Å². The molecule has 140 valence electrons. The van der Waals surface area contributed by atoms with Crippen molar-refractivity contribution in [2.24, 2.45) is 0 Å². The average Bonchev–Trinajstić information content (AvgIpc) is 2.74. The lowest BCUT2D eigenvalue weighted by molar-refractivity contribution is 0.106. The molecule has 0 saturated heterocycles. The van der Waals surface area contributed by atoms with E-state index in [0.717, 1.165) is 18.7 Å². The van der Waals surface area contributed by atoms with E-state index in [0.29, 0.717) is 12.5 Å². The molecule has 0 heterocycles. The monoisotopic (exact) mass is 361 g/mol. The van der Waals surface area contributed by atoms with Gasteiger partial charge < -0.3 is 15.2 Å².